The average Bonchev–Trinajstić information content (AvgIpc) is 3.30. The van der Waals surface area contributed by atoms with E-state index in [1.165, 1.54) is 16.8 Å². The first-order valence-corrected chi connectivity index (χ1v) is 10.3. The minimum absolute atomic E-state index is 0.212. The highest BCUT2D eigenvalue weighted by Crippen LogP contribution is 2.49. The molecular formula is C26H23N3O. The van der Waals surface area contributed by atoms with E-state index < -0.39 is 0 Å². The number of allylic oxidation sites excluding steroid dienone is 2. The van der Waals surface area contributed by atoms with Crippen LogP contribution in [0.2, 0.25) is 0 Å². The zero-order chi connectivity index (χ0) is 20.3. The molecule has 3 aromatic rings. The second kappa shape index (κ2) is 7.99. The summed E-state index contributed by atoms with van der Waals surface area (Å²) in [7, 11) is 0. The molecule has 1 aliphatic heterocycles. The molecule has 0 radical (unpaired) electrons. The third-order valence-corrected chi connectivity index (χ3v) is 5.98. The molecule has 1 heterocycles. The summed E-state index contributed by atoms with van der Waals surface area (Å²) >= 11 is 0. The predicted octanol–water partition coefficient (Wildman–Crippen LogP) is 5.28. The van der Waals surface area contributed by atoms with Crippen molar-refractivity contribution in [3.63, 3.8) is 0 Å². The number of benzene rings is 3. The van der Waals surface area contributed by atoms with Gasteiger partial charge in [0.2, 0.25) is 0 Å². The summed E-state index contributed by atoms with van der Waals surface area (Å²) in [6.45, 7) is 0. The second-order valence-corrected chi connectivity index (χ2v) is 7.79. The molecule has 4 nitrogen and oxygen atoms in total. The molecular weight excluding hydrogens is 370 g/mol. The maximum atomic E-state index is 12.4. The van der Waals surface area contributed by atoms with Gasteiger partial charge in [-0.1, -0.05) is 72.8 Å². The number of hydrogen-bond donors (Lipinski definition) is 2. The number of para-hydroxylation sites is 1. The largest absolute Gasteiger partial charge is 0.378 e. The minimum Gasteiger partial charge on any atom is -0.378 e. The van der Waals surface area contributed by atoms with E-state index in [0.29, 0.717) is 17.4 Å². The van der Waals surface area contributed by atoms with Crippen LogP contribution in [0.3, 0.4) is 0 Å². The number of carbonyl (C=O) groups excluding carboxylic acids is 1. The monoisotopic (exact) mass is 393 g/mol. The van der Waals surface area contributed by atoms with Crippen LogP contribution in [0.25, 0.3) is 0 Å². The van der Waals surface area contributed by atoms with Gasteiger partial charge >= 0.3 is 0 Å². The Morgan fingerprint density at radius 1 is 0.967 bits per heavy atom. The van der Waals surface area contributed by atoms with E-state index in [-0.39, 0.29) is 11.9 Å². The number of hydrogen-bond acceptors (Lipinski definition) is 3. The molecule has 3 atom stereocenters. The Bertz CT molecular complexity index is 1100. The Labute approximate surface area is 176 Å². The van der Waals surface area contributed by atoms with Crippen molar-refractivity contribution in [1.29, 1.82) is 0 Å². The lowest BCUT2D eigenvalue weighted by molar-refractivity contribution is 0.0955. The lowest BCUT2D eigenvalue weighted by atomic mass is 9.77. The van der Waals surface area contributed by atoms with Gasteiger partial charge in [-0.05, 0) is 47.2 Å². The molecule has 3 aromatic carbocycles. The van der Waals surface area contributed by atoms with Gasteiger partial charge in [0.05, 0.1) is 12.3 Å². The highest BCUT2D eigenvalue weighted by Gasteiger charge is 2.37. The van der Waals surface area contributed by atoms with E-state index >= 15 is 0 Å². The molecule has 2 N–H and O–H groups in total. The zero-order valence-corrected chi connectivity index (χ0v) is 16.5. The van der Waals surface area contributed by atoms with Crippen LogP contribution in [-0.4, -0.2) is 12.1 Å². The van der Waals surface area contributed by atoms with Crippen LogP contribution in [0.1, 0.15) is 45.4 Å². The van der Waals surface area contributed by atoms with Gasteiger partial charge in [0.25, 0.3) is 5.91 Å². The molecule has 2 aliphatic rings. The number of nitrogens with one attached hydrogen (secondary N) is 2. The summed E-state index contributed by atoms with van der Waals surface area (Å²) < 4.78 is 0. The van der Waals surface area contributed by atoms with E-state index in [9.17, 15) is 4.79 Å². The van der Waals surface area contributed by atoms with Gasteiger partial charge in [-0.3, -0.25) is 4.79 Å². The first-order valence-electron chi connectivity index (χ1n) is 10.3. The summed E-state index contributed by atoms with van der Waals surface area (Å²) in [6.07, 6.45) is 7.33. The van der Waals surface area contributed by atoms with Crippen LogP contribution in [0, 0.1) is 5.92 Å². The standard InChI is InChI=1S/C26H23N3O/c30-26(29-27-17-18-7-2-1-3-8-18)20-15-13-19(14-16-20)25-23-11-6-10-21(23)22-9-4-5-12-24(22)28-25/h1-10,12-17,21,23,25,28H,11H2,(H,29,30)/b27-17-/t21-,23-,25-/m0/s1. The molecule has 0 saturated carbocycles. The Kier molecular flexibility index (Phi) is 4.89. The average molecular weight is 393 g/mol. The SMILES string of the molecule is O=C(N/N=C\c1ccccc1)c1ccc([C@@H]2Nc3ccccc3[C@@H]3C=CC[C@@H]32)cc1. The van der Waals surface area contributed by atoms with Crippen molar-refractivity contribution < 1.29 is 4.79 Å². The van der Waals surface area contributed by atoms with Crippen LogP contribution in [0.5, 0.6) is 0 Å². The molecule has 5 rings (SSSR count). The quantitative estimate of drug-likeness (QED) is 0.360. The number of amides is 1. The highest BCUT2D eigenvalue weighted by atomic mass is 16.2. The van der Waals surface area contributed by atoms with Crippen LogP contribution in [-0.2, 0) is 0 Å². The molecule has 0 unspecified atom stereocenters. The van der Waals surface area contributed by atoms with Gasteiger partial charge in [-0.25, -0.2) is 5.43 Å². The first kappa shape index (κ1) is 18.4. The van der Waals surface area contributed by atoms with Crippen molar-refractivity contribution in [2.45, 2.75) is 18.4 Å². The summed E-state index contributed by atoms with van der Waals surface area (Å²) in [5.41, 5.74) is 7.92. The summed E-state index contributed by atoms with van der Waals surface area (Å²) in [5, 5.41) is 7.78. The molecule has 0 bridgehead atoms. The Morgan fingerprint density at radius 2 is 1.73 bits per heavy atom. The number of nitrogens with zero attached hydrogens (tertiary/aromatic N) is 1. The van der Waals surface area contributed by atoms with Crippen molar-refractivity contribution in [2.24, 2.45) is 11.0 Å². The Morgan fingerprint density at radius 3 is 2.57 bits per heavy atom. The van der Waals surface area contributed by atoms with Gasteiger partial charge in [0.15, 0.2) is 0 Å². The number of rotatable bonds is 4. The van der Waals surface area contributed by atoms with Crippen molar-refractivity contribution in [2.75, 3.05) is 5.32 Å². The maximum Gasteiger partial charge on any atom is 0.271 e. The number of fused-ring (bicyclic) bond motifs is 3. The number of anilines is 1. The smallest absolute Gasteiger partial charge is 0.271 e. The second-order valence-electron chi connectivity index (χ2n) is 7.79. The molecule has 30 heavy (non-hydrogen) atoms. The van der Waals surface area contributed by atoms with Crippen molar-refractivity contribution in [3.05, 3.63) is 113 Å². The fraction of sp³-hybridized carbons (Fsp3) is 0.154. The molecule has 0 saturated heterocycles. The van der Waals surface area contributed by atoms with Crippen LogP contribution < -0.4 is 10.7 Å². The third-order valence-electron chi connectivity index (χ3n) is 5.98. The molecule has 0 fully saturated rings. The summed E-state index contributed by atoms with van der Waals surface area (Å²) in [5.74, 6) is 0.730. The van der Waals surface area contributed by atoms with E-state index in [2.05, 4.69) is 64.4 Å². The fourth-order valence-corrected chi connectivity index (χ4v) is 4.48. The van der Waals surface area contributed by atoms with E-state index in [1.54, 1.807) is 6.21 Å². The predicted molar refractivity (Wildman–Crippen MR) is 121 cm³/mol. The Balaban J connectivity index is 1.30. The van der Waals surface area contributed by atoms with E-state index in [0.717, 1.165) is 12.0 Å². The summed E-state index contributed by atoms with van der Waals surface area (Å²) in [6, 6.07) is 26.3. The van der Waals surface area contributed by atoms with Gasteiger partial charge in [0, 0.05) is 17.2 Å². The van der Waals surface area contributed by atoms with Gasteiger partial charge in [0.1, 0.15) is 0 Å². The highest BCUT2D eigenvalue weighted by molar-refractivity contribution is 5.94. The van der Waals surface area contributed by atoms with Crippen LogP contribution >= 0.6 is 0 Å². The van der Waals surface area contributed by atoms with E-state index in [4.69, 9.17) is 0 Å². The lowest BCUT2D eigenvalue weighted by Crippen LogP contribution is -2.29. The topological polar surface area (TPSA) is 53.5 Å². The summed E-state index contributed by atoms with van der Waals surface area (Å²) in [4.78, 5) is 12.4. The first-order chi connectivity index (χ1) is 14.8. The van der Waals surface area contributed by atoms with Crippen molar-refractivity contribution in [1.82, 2.24) is 5.43 Å². The number of carbonyl (C=O) groups is 1. The molecule has 1 amide bonds. The van der Waals surface area contributed by atoms with Gasteiger partial charge in [-0.2, -0.15) is 5.10 Å². The van der Waals surface area contributed by atoms with Crippen LogP contribution in [0.4, 0.5) is 5.69 Å². The fourth-order valence-electron chi connectivity index (χ4n) is 4.48. The molecule has 0 spiro atoms. The van der Waals surface area contributed by atoms with Crippen molar-refractivity contribution in [3.8, 4) is 0 Å². The van der Waals surface area contributed by atoms with Crippen LogP contribution in [0.15, 0.2) is 96.1 Å². The maximum absolute atomic E-state index is 12.4. The van der Waals surface area contributed by atoms with E-state index in [1.807, 2.05) is 42.5 Å². The normalized spacial score (nSPS) is 21.7. The molecule has 0 aromatic heterocycles. The lowest BCUT2D eigenvalue weighted by Gasteiger charge is -2.37. The zero-order valence-electron chi connectivity index (χ0n) is 16.5. The number of hydrazone groups is 1. The Hall–Kier alpha value is -3.66. The van der Waals surface area contributed by atoms with Gasteiger partial charge in [-0.15, -0.1) is 0 Å². The third kappa shape index (κ3) is 3.52. The minimum atomic E-state index is -0.212. The van der Waals surface area contributed by atoms with Crippen molar-refractivity contribution >= 4 is 17.8 Å². The molecule has 148 valence electrons. The van der Waals surface area contributed by atoms with Gasteiger partial charge < -0.3 is 5.32 Å². The molecule has 1 aliphatic carbocycles. The molecule has 4 heteroatoms.